The minimum absolute atomic E-state index is 0.0738. The van der Waals surface area contributed by atoms with E-state index in [2.05, 4.69) is 15.5 Å². The van der Waals surface area contributed by atoms with Crippen molar-refractivity contribution in [1.29, 1.82) is 0 Å². The normalized spacial score (nSPS) is 32.0. The molecule has 0 aromatic carbocycles. The van der Waals surface area contributed by atoms with E-state index in [1.165, 1.54) is 51.7 Å². The summed E-state index contributed by atoms with van der Waals surface area (Å²) in [6.07, 6.45) is 9.03. The molecule has 2 N–H and O–H groups in total. The molecule has 2 heterocycles. The fraction of sp³-hybridized carbons (Fsp3) is 0.938. The van der Waals surface area contributed by atoms with Crippen molar-refractivity contribution < 1.29 is 4.79 Å². The number of piperidine rings is 1. The van der Waals surface area contributed by atoms with Crippen LogP contribution in [0.4, 0.5) is 0 Å². The van der Waals surface area contributed by atoms with E-state index in [0.717, 1.165) is 31.8 Å². The third kappa shape index (κ3) is 3.73. The Morgan fingerprint density at radius 2 is 1.95 bits per heavy atom. The minimum atomic E-state index is 0.0738. The molecular weight excluding hydrogens is 250 g/mol. The van der Waals surface area contributed by atoms with Gasteiger partial charge in [0, 0.05) is 19.6 Å². The number of carbonyl (C=O) groups is 1. The standard InChI is InChI=1S/C16H29N3O/c20-16(15-7-2-8-17-15)18-10-14-6-3-9-19(12-14)11-13-4-1-5-13/h13-15,17H,1-12H2,(H,18,20). The third-order valence-electron chi connectivity index (χ3n) is 5.29. The van der Waals surface area contributed by atoms with Gasteiger partial charge in [-0.3, -0.25) is 4.79 Å². The van der Waals surface area contributed by atoms with Crippen LogP contribution in [0.25, 0.3) is 0 Å². The van der Waals surface area contributed by atoms with Crippen LogP contribution in [0.5, 0.6) is 0 Å². The Morgan fingerprint density at radius 3 is 2.65 bits per heavy atom. The van der Waals surface area contributed by atoms with Gasteiger partial charge in [-0.05, 0) is 63.5 Å². The van der Waals surface area contributed by atoms with Gasteiger partial charge in [0.2, 0.25) is 5.91 Å². The average molecular weight is 279 g/mol. The maximum atomic E-state index is 12.0. The quantitative estimate of drug-likeness (QED) is 0.799. The van der Waals surface area contributed by atoms with Gasteiger partial charge in [0.05, 0.1) is 6.04 Å². The first-order valence-electron chi connectivity index (χ1n) is 8.55. The molecule has 3 fully saturated rings. The van der Waals surface area contributed by atoms with Crippen LogP contribution in [0.15, 0.2) is 0 Å². The summed E-state index contributed by atoms with van der Waals surface area (Å²) in [5.41, 5.74) is 0. The van der Waals surface area contributed by atoms with E-state index >= 15 is 0 Å². The van der Waals surface area contributed by atoms with Gasteiger partial charge in [-0.25, -0.2) is 0 Å². The van der Waals surface area contributed by atoms with E-state index in [1.807, 2.05) is 0 Å². The first kappa shape index (κ1) is 14.3. The molecule has 2 unspecified atom stereocenters. The lowest BCUT2D eigenvalue weighted by Gasteiger charge is -2.37. The van der Waals surface area contributed by atoms with E-state index in [1.54, 1.807) is 0 Å². The third-order valence-corrected chi connectivity index (χ3v) is 5.29. The Labute approximate surface area is 122 Å². The van der Waals surface area contributed by atoms with Gasteiger partial charge >= 0.3 is 0 Å². The van der Waals surface area contributed by atoms with Crippen molar-refractivity contribution in [2.75, 3.05) is 32.7 Å². The van der Waals surface area contributed by atoms with Crippen LogP contribution in [0.2, 0.25) is 0 Å². The van der Waals surface area contributed by atoms with Crippen molar-refractivity contribution in [3.8, 4) is 0 Å². The zero-order valence-corrected chi connectivity index (χ0v) is 12.6. The summed E-state index contributed by atoms with van der Waals surface area (Å²) in [5, 5.41) is 6.44. The lowest BCUT2D eigenvalue weighted by atomic mass is 9.84. The number of likely N-dealkylation sites (tertiary alicyclic amines) is 1. The van der Waals surface area contributed by atoms with Gasteiger partial charge in [-0.1, -0.05) is 6.42 Å². The monoisotopic (exact) mass is 279 g/mol. The van der Waals surface area contributed by atoms with E-state index < -0.39 is 0 Å². The summed E-state index contributed by atoms with van der Waals surface area (Å²) in [6, 6.07) is 0.0738. The number of nitrogens with zero attached hydrogens (tertiary/aromatic N) is 1. The summed E-state index contributed by atoms with van der Waals surface area (Å²) in [4.78, 5) is 14.7. The maximum Gasteiger partial charge on any atom is 0.237 e. The largest absolute Gasteiger partial charge is 0.354 e. The molecule has 1 saturated carbocycles. The number of carbonyl (C=O) groups excluding carboxylic acids is 1. The van der Waals surface area contributed by atoms with Crippen molar-refractivity contribution in [3.05, 3.63) is 0 Å². The molecule has 0 aromatic rings. The van der Waals surface area contributed by atoms with E-state index in [-0.39, 0.29) is 11.9 Å². The fourth-order valence-electron chi connectivity index (χ4n) is 3.80. The zero-order valence-electron chi connectivity index (χ0n) is 12.6. The van der Waals surface area contributed by atoms with Crippen LogP contribution >= 0.6 is 0 Å². The summed E-state index contributed by atoms with van der Waals surface area (Å²) in [7, 11) is 0. The summed E-state index contributed by atoms with van der Waals surface area (Å²) in [6.45, 7) is 5.63. The molecule has 4 heteroatoms. The Hall–Kier alpha value is -0.610. The van der Waals surface area contributed by atoms with Gasteiger partial charge < -0.3 is 15.5 Å². The summed E-state index contributed by atoms with van der Waals surface area (Å²) in [5.74, 6) is 1.85. The number of hydrogen-bond donors (Lipinski definition) is 2. The van der Waals surface area contributed by atoms with Crippen LogP contribution < -0.4 is 10.6 Å². The van der Waals surface area contributed by atoms with Gasteiger partial charge in [-0.2, -0.15) is 0 Å². The Kier molecular flexibility index (Phi) is 4.94. The molecule has 2 atom stereocenters. The van der Waals surface area contributed by atoms with Gasteiger partial charge in [0.15, 0.2) is 0 Å². The van der Waals surface area contributed by atoms with Crippen LogP contribution in [0.1, 0.15) is 44.9 Å². The molecule has 0 aromatic heterocycles. The zero-order chi connectivity index (χ0) is 13.8. The molecule has 20 heavy (non-hydrogen) atoms. The fourth-order valence-corrected chi connectivity index (χ4v) is 3.80. The molecule has 3 rings (SSSR count). The van der Waals surface area contributed by atoms with Crippen LogP contribution in [-0.4, -0.2) is 49.6 Å². The van der Waals surface area contributed by atoms with Gasteiger partial charge in [-0.15, -0.1) is 0 Å². The lowest BCUT2D eigenvalue weighted by Crippen LogP contribution is -2.46. The Bertz CT molecular complexity index is 324. The maximum absolute atomic E-state index is 12.0. The van der Waals surface area contributed by atoms with E-state index in [0.29, 0.717) is 5.92 Å². The molecule has 1 amide bonds. The molecule has 1 aliphatic carbocycles. The highest BCUT2D eigenvalue weighted by Gasteiger charge is 2.26. The molecule has 114 valence electrons. The predicted octanol–water partition coefficient (Wildman–Crippen LogP) is 1.37. The van der Waals surface area contributed by atoms with E-state index in [4.69, 9.17) is 0 Å². The molecule has 0 bridgehead atoms. The number of amides is 1. The number of rotatable bonds is 5. The number of hydrogen-bond acceptors (Lipinski definition) is 3. The Morgan fingerprint density at radius 1 is 1.10 bits per heavy atom. The van der Waals surface area contributed by atoms with Gasteiger partial charge in [0.1, 0.15) is 0 Å². The van der Waals surface area contributed by atoms with Crippen molar-refractivity contribution in [1.82, 2.24) is 15.5 Å². The van der Waals surface area contributed by atoms with Crippen LogP contribution in [0, 0.1) is 11.8 Å². The topological polar surface area (TPSA) is 44.4 Å². The van der Waals surface area contributed by atoms with Gasteiger partial charge in [0.25, 0.3) is 0 Å². The highest BCUT2D eigenvalue weighted by molar-refractivity contribution is 5.81. The molecule has 2 aliphatic heterocycles. The molecule has 0 spiro atoms. The van der Waals surface area contributed by atoms with E-state index in [9.17, 15) is 4.79 Å². The highest BCUT2D eigenvalue weighted by Crippen LogP contribution is 2.28. The second-order valence-corrected chi connectivity index (χ2v) is 6.96. The van der Waals surface area contributed by atoms with Crippen LogP contribution in [-0.2, 0) is 4.79 Å². The first-order chi connectivity index (χ1) is 9.81. The lowest BCUT2D eigenvalue weighted by molar-refractivity contribution is -0.123. The van der Waals surface area contributed by atoms with Crippen molar-refractivity contribution >= 4 is 5.91 Å². The molecular formula is C16H29N3O. The first-order valence-corrected chi connectivity index (χ1v) is 8.55. The summed E-state index contributed by atoms with van der Waals surface area (Å²) >= 11 is 0. The molecule has 2 saturated heterocycles. The SMILES string of the molecule is O=C(NCC1CCCN(CC2CCC2)C1)C1CCCN1. The second-order valence-electron chi connectivity index (χ2n) is 6.96. The molecule has 4 nitrogen and oxygen atoms in total. The van der Waals surface area contributed by atoms with Crippen molar-refractivity contribution in [2.45, 2.75) is 51.0 Å². The smallest absolute Gasteiger partial charge is 0.237 e. The van der Waals surface area contributed by atoms with Crippen molar-refractivity contribution in [3.63, 3.8) is 0 Å². The van der Waals surface area contributed by atoms with Crippen molar-refractivity contribution in [2.24, 2.45) is 11.8 Å². The summed E-state index contributed by atoms with van der Waals surface area (Å²) < 4.78 is 0. The van der Waals surface area contributed by atoms with Crippen LogP contribution in [0.3, 0.4) is 0 Å². The molecule has 0 radical (unpaired) electrons. The number of nitrogens with one attached hydrogen (secondary N) is 2. The highest BCUT2D eigenvalue weighted by atomic mass is 16.2. The molecule has 3 aliphatic rings. The minimum Gasteiger partial charge on any atom is -0.354 e. The predicted molar refractivity (Wildman–Crippen MR) is 80.5 cm³/mol. The average Bonchev–Trinajstić information content (AvgIpc) is 2.95. The second kappa shape index (κ2) is 6.90. The Balaban J connectivity index is 1.37.